The number of hydrogen-bond acceptors (Lipinski definition) is 5. The molecule has 2 aromatic heterocycles. The van der Waals surface area contributed by atoms with E-state index in [0.717, 1.165) is 22.3 Å². The van der Waals surface area contributed by atoms with Gasteiger partial charge in [0.25, 0.3) is 17.0 Å². The highest BCUT2D eigenvalue weighted by Gasteiger charge is 2.27. The van der Waals surface area contributed by atoms with E-state index < -0.39 is 23.0 Å². The van der Waals surface area contributed by atoms with Gasteiger partial charge in [-0.15, -0.1) is 0 Å². The van der Waals surface area contributed by atoms with E-state index in [4.69, 9.17) is 5.41 Å². The molecule has 5 N–H and O–H groups in total. The van der Waals surface area contributed by atoms with E-state index in [9.17, 15) is 24.3 Å². The zero-order valence-electron chi connectivity index (χ0n) is 23.7. The summed E-state index contributed by atoms with van der Waals surface area (Å²) in [5.41, 5.74) is 2.71. The minimum atomic E-state index is -1.39. The van der Waals surface area contributed by atoms with Gasteiger partial charge in [0.15, 0.2) is 0 Å². The summed E-state index contributed by atoms with van der Waals surface area (Å²) in [6.45, 7) is 7.65. The lowest BCUT2D eigenvalue weighted by atomic mass is 9.90. The number of amidine groups is 1. The summed E-state index contributed by atoms with van der Waals surface area (Å²) < 4.78 is 0. The Morgan fingerprint density at radius 2 is 1.31 bits per heavy atom. The summed E-state index contributed by atoms with van der Waals surface area (Å²) in [6, 6.07) is 15.4. The number of H-pyrrole nitrogens is 1. The van der Waals surface area contributed by atoms with Crippen LogP contribution in [0.25, 0.3) is 21.5 Å². The second kappa shape index (κ2) is 10.9. The van der Waals surface area contributed by atoms with Crippen LogP contribution in [0.1, 0.15) is 62.4 Å². The van der Waals surface area contributed by atoms with Gasteiger partial charge in [-0.2, -0.15) is 0 Å². The maximum absolute atomic E-state index is 13.9. The Kier molecular flexibility index (Phi) is 7.34. The number of aryl methyl sites for hydroxylation is 4. The number of benzene rings is 4. The van der Waals surface area contributed by atoms with Crippen LogP contribution in [0.2, 0.25) is 0 Å². The van der Waals surface area contributed by atoms with Gasteiger partial charge in [-0.3, -0.25) is 24.8 Å². The van der Waals surface area contributed by atoms with Crippen molar-refractivity contribution in [2.45, 2.75) is 40.5 Å². The number of carboxylic acid groups (broad SMARTS) is 1. The Morgan fingerprint density at radius 3 is 1.83 bits per heavy atom. The van der Waals surface area contributed by atoms with Gasteiger partial charge in [0, 0.05) is 44.0 Å². The number of carbonyl (C=O) groups excluding carboxylic acids is 1. The lowest BCUT2D eigenvalue weighted by Gasteiger charge is -2.20. The second-order valence-electron chi connectivity index (χ2n) is 10.2. The molecule has 0 unspecified atom stereocenters. The van der Waals surface area contributed by atoms with Crippen LogP contribution in [0.15, 0.2) is 64.2 Å². The molecule has 0 aliphatic heterocycles. The first kappa shape index (κ1) is 28.2. The molecule has 0 aliphatic rings. The third-order valence-electron chi connectivity index (χ3n) is 7.69. The number of carboxylic acids is 1. The number of aromatic amines is 1. The quantitative estimate of drug-likeness (QED) is 0.128. The molecular formula is C33H30N4O5. The highest BCUT2D eigenvalue weighted by Crippen LogP contribution is 2.34. The summed E-state index contributed by atoms with van der Waals surface area (Å²) in [4.78, 5) is 55.2. The predicted molar refractivity (Wildman–Crippen MR) is 166 cm³/mol. The molecule has 0 radical (unpaired) electrons. The first-order valence-electron chi connectivity index (χ1n) is 13.6. The Bertz CT molecular complexity index is 2040. The minimum Gasteiger partial charge on any atom is -0.478 e. The molecule has 9 heteroatoms. The highest BCUT2D eigenvalue weighted by molar-refractivity contribution is 6.30. The minimum absolute atomic E-state index is 0.0102. The van der Waals surface area contributed by atoms with Gasteiger partial charge in [0.2, 0.25) is 0 Å². The maximum atomic E-state index is 13.9. The lowest BCUT2D eigenvalue weighted by Crippen LogP contribution is -2.22. The van der Waals surface area contributed by atoms with Crippen LogP contribution in [0.5, 0.6) is 0 Å². The molecule has 2 heterocycles. The van der Waals surface area contributed by atoms with Crippen LogP contribution >= 0.6 is 0 Å². The number of nitrogens with one attached hydrogen (secondary N) is 4. The molecule has 0 aliphatic carbocycles. The standard InChI is InChI=1S/C33H30N4O5/c1-5-18-11-7-9-16(3)27(18)35-29(34)26-23(33(41)42)15-22(32(40)36-28-17(4)10-8-12-19(28)6-2)24-20-13-14-21(25(24)26)31(39)37-30(20)38/h7-15H,5-6H2,1-4H3,(H2,34,35)(H,36,40)(H,41,42)(H,37,38,39). The highest BCUT2D eigenvalue weighted by atomic mass is 16.4. The summed E-state index contributed by atoms with van der Waals surface area (Å²) in [5.74, 6) is -2.30. The molecule has 0 atom stereocenters. The number of hydrogen-bond donors (Lipinski definition) is 5. The van der Waals surface area contributed by atoms with E-state index in [1.54, 1.807) is 0 Å². The van der Waals surface area contributed by atoms with E-state index >= 15 is 0 Å². The van der Waals surface area contributed by atoms with Crippen molar-refractivity contribution in [3.63, 3.8) is 0 Å². The van der Waals surface area contributed by atoms with Crippen molar-refractivity contribution >= 4 is 50.6 Å². The van der Waals surface area contributed by atoms with Crippen molar-refractivity contribution in [1.29, 1.82) is 5.41 Å². The number of anilines is 2. The predicted octanol–water partition coefficient (Wildman–Crippen LogP) is 5.61. The first-order valence-corrected chi connectivity index (χ1v) is 13.6. The Balaban J connectivity index is 1.84. The topological polar surface area (TPSA) is 152 Å². The van der Waals surface area contributed by atoms with Crippen molar-refractivity contribution < 1.29 is 14.7 Å². The fourth-order valence-corrected chi connectivity index (χ4v) is 5.56. The number of aromatic nitrogens is 1. The van der Waals surface area contributed by atoms with Crippen molar-refractivity contribution in [3.8, 4) is 0 Å². The molecule has 0 spiro atoms. The Morgan fingerprint density at radius 1 is 0.786 bits per heavy atom. The molecule has 0 fully saturated rings. The van der Waals surface area contributed by atoms with Crippen LogP contribution in [0, 0.1) is 19.3 Å². The Labute approximate surface area is 241 Å². The van der Waals surface area contributed by atoms with E-state index in [-0.39, 0.29) is 44.1 Å². The van der Waals surface area contributed by atoms with E-state index in [2.05, 4.69) is 15.6 Å². The van der Waals surface area contributed by atoms with E-state index in [0.29, 0.717) is 24.2 Å². The van der Waals surface area contributed by atoms with Crippen molar-refractivity contribution in [2.24, 2.45) is 0 Å². The van der Waals surface area contributed by atoms with Gasteiger partial charge >= 0.3 is 5.97 Å². The molecule has 42 heavy (non-hydrogen) atoms. The number of aromatic carboxylic acids is 1. The molecule has 6 aromatic rings. The second-order valence-corrected chi connectivity index (χ2v) is 10.2. The average molecular weight is 563 g/mol. The van der Waals surface area contributed by atoms with Crippen LogP contribution in [-0.2, 0) is 12.8 Å². The number of amides is 1. The van der Waals surface area contributed by atoms with E-state index in [1.807, 2.05) is 64.1 Å². The summed E-state index contributed by atoms with van der Waals surface area (Å²) in [5, 5.41) is 25.6. The van der Waals surface area contributed by atoms with Crippen LogP contribution < -0.4 is 21.8 Å². The molecular weight excluding hydrogens is 532 g/mol. The molecule has 0 saturated heterocycles. The molecule has 4 aromatic carbocycles. The average Bonchev–Trinajstić information content (AvgIpc) is 3.17. The fourth-order valence-electron chi connectivity index (χ4n) is 5.56. The van der Waals surface area contributed by atoms with Crippen molar-refractivity contribution in [3.05, 3.63) is 114 Å². The number of rotatable bonds is 7. The van der Waals surface area contributed by atoms with Crippen LogP contribution in [0.3, 0.4) is 0 Å². The molecule has 6 rings (SSSR count). The van der Waals surface area contributed by atoms with Gasteiger partial charge < -0.3 is 15.7 Å². The first-order chi connectivity index (χ1) is 20.1. The normalized spacial score (nSPS) is 11.1. The molecule has 9 nitrogen and oxygen atoms in total. The molecule has 0 saturated carbocycles. The largest absolute Gasteiger partial charge is 0.478 e. The van der Waals surface area contributed by atoms with Gasteiger partial charge in [0.1, 0.15) is 5.84 Å². The fraction of sp³-hybridized carbons (Fsp3) is 0.182. The monoisotopic (exact) mass is 562 g/mol. The zero-order chi connectivity index (χ0) is 30.3. The third-order valence-corrected chi connectivity index (χ3v) is 7.69. The molecule has 2 bridgehead atoms. The van der Waals surface area contributed by atoms with Crippen molar-refractivity contribution in [2.75, 3.05) is 10.6 Å². The van der Waals surface area contributed by atoms with Crippen LogP contribution in [-0.4, -0.2) is 27.8 Å². The number of para-hydroxylation sites is 2. The summed E-state index contributed by atoms with van der Waals surface area (Å²) in [6.07, 6.45) is 1.30. The summed E-state index contributed by atoms with van der Waals surface area (Å²) in [7, 11) is 0. The van der Waals surface area contributed by atoms with Gasteiger partial charge in [-0.1, -0.05) is 50.2 Å². The molecule has 1 amide bonds. The smallest absolute Gasteiger partial charge is 0.336 e. The SMILES string of the molecule is CCc1cccc(C)c1NC(=N)c1c(C(=O)O)cc(C(=O)Nc2c(C)cccc2CC)c2c3ccc(c(=O)[nH]c3=O)c12. The van der Waals surface area contributed by atoms with Gasteiger partial charge in [-0.25, -0.2) is 4.79 Å². The Hall–Kier alpha value is -5.31. The molecule has 212 valence electrons. The zero-order valence-corrected chi connectivity index (χ0v) is 23.7. The lowest BCUT2D eigenvalue weighted by molar-refractivity contribution is 0.0697. The number of carbonyl (C=O) groups is 2. The third kappa shape index (κ3) is 4.68. The van der Waals surface area contributed by atoms with Gasteiger partial charge in [0.05, 0.1) is 5.56 Å². The summed E-state index contributed by atoms with van der Waals surface area (Å²) >= 11 is 0. The van der Waals surface area contributed by atoms with Crippen LogP contribution in [0.4, 0.5) is 11.4 Å². The van der Waals surface area contributed by atoms with E-state index in [1.165, 1.54) is 18.2 Å². The number of fused-ring (bicyclic) bond motifs is 3. The maximum Gasteiger partial charge on any atom is 0.336 e. The van der Waals surface area contributed by atoms with Gasteiger partial charge in [-0.05, 0) is 67.1 Å². The van der Waals surface area contributed by atoms with Crippen molar-refractivity contribution in [1.82, 2.24) is 4.98 Å².